The van der Waals surface area contributed by atoms with Gasteiger partial charge < -0.3 is 25.2 Å². The summed E-state index contributed by atoms with van der Waals surface area (Å²) < 4.78 is 11.1. The first-order valence-corrected chi connectivity index (χ1v) is 14.4. The van der Waals surface area contributed by atoms with Gasteiger partial charge in [0, 0.05) is 23.6 Å². The molecule has 0 aromatic heterocycles. The molecule has 0 saturated carbocycles. The molecule has 0 saturated heterocycles. The van der Waals surface area contributed by atoms with Gasteiger partial charge in [0.15, 0.2) is 0 Å². The van der Waals surface area contributed by atoms with Gasteiger partial charge in [0.1, 0.15) is 24.1 Å². The molecule has 2 amide bonds. The van der Waals surface area contributed by atoms with Gasteiger partial charge in [-0.05, 0) is 73.2 Å². The van der Waals surface area contributed by atoms with Crippen LogP contribution < -0.4 is 15.2 Å². The minimum Gasteiger partial charge on any atom is -0.497 e. The summed E-state index contributed by atoms with van der Waals surface area (Å²) in [5.41, 5.74) is 8.63. The molecule has 0 fully saturated rings. The van der Waals surface area contributed by atoms with E-state index in [1.54, 1.807) is 19.2 Å². The fraction of sp³-hybridized carbons (Fsp3) is 0.250. The van der Waals surface area contributed by atoms with Crippen molar-refractivity contribution in [3.8, 4) is 22.6 Å². The van der Waals surface area contributed by atoms with Gasteiger partial charge in [-0.3, -0.25) is 9.59 Å². The van der Waals surface area contributed by atoms with Crippen molar-refractivity contribution in [2.45, 2.75) is 51.3 Å². The Balaban J connectivity index is 1.53. The average molecular weight is 595 g/mol. The number of nitrogens with zero attached hydrogens (tertiary/aromatic N) is 1. The first-order valence-electron chi connectivity index (χ1n) is 14.4. The van der Waals surface area contributed by atoms with Crippen molar-refractivity contribution >= 4 is 17.8 Å². The number of hydrogen-bond donors (Lipinski definition) is 2. The van der Waals surface area contributed by atoms with Gasteiger partial charge in [-0.25, -0.2) is 4.79 Å². The molecule has 0 aliphatic rings. The zero-order chi connectivity index (χ0) is 31.7. The lowest BCUT2D eigenvalue weighted by atomic mass is 9.89. The van der Waals surface area contributed by atoms with E-state index in [1.165, 1.54) is 4.90 Å². The molecule has 0 unspecified atom stereocenters. The molecule has 1 atom stereocenters. The lowest BCUT2D eigenvalue weighted by Gasteiger charge is -2.42. The van der Waals surface area contributed by atoms with E-state index in [-0.39, 0.29) is 12.8 Å². The molecule has 4 rings (SSSR count). The molecule has 228 valence electrons. The van der Waals surface area contributed by atoms with Crippen LogP contribution in [-0.2, 0) is 22.6 Å². The molecule has 4 aromatic carbocycles. The Morgan fingerprint density at radius 1 is 0.818 bits per heavy atom. The highest BCUT2D eigenvalue weighted by Crippen LogP contribution is 2.29. The van der Waals surface area contributed by atoms with Crippen molar-refractivity contribution in [2.24, 2.45) is 5.73 Å². The number of amides is 2. The summed E-state index contributed by atoms with van der Waals surface area (Å²) in [5.74, 6) is -0.791. The summed E-state index contributed by atoms with van der Waals surface area (Å²) >= 11 is 0. The molecular weight excluding hydrogens is 556 g/mol. The Morgan fingerprint density at radius 2 is 1.43 bits per heavy atom. The first kappa shape index (κ1) is 31.8. The van der Waals surface area contributed by atoms with E-state index < -0.39 is 29.4 Å². The molecule has 0 aliphatic heterocycles. The lowest BCUT2D eigenvalue weighted by Crippen LogP contribution is -2.57. The number of nitrogens with two attached hydrogens (primary N) is 1. The van der Waals surface area contributed by atoms with Gasteiger partial charge in [0.05, 0.1) is 7.11 Å². The summed E-state index contributed by atoms with van der Waals surface area (Å²) in [6.45, 7) is 4.08. The Morgan fingerprint density at radius 3 is 2.02 bits per heavy atom. The van der Waals surface area contributed by atoms with Gasteiger partial charge in [-0.1, -0.05) is 72.8 Å². The predicted octanol–water partition coefficient (Wildman–Crippen LogP) is 6.12. The molecule has 4 aromatic rings. The maximum atomic E-state index is 14.0. The van der Waals surface area contributed by atoms with Gasteiger partial charge in [-0.15, -0.1) is 0 Å². The number of hydrogen-bond acceptors (Lipinski definition) is 5. The lowest BCUT2D eigenvalue weighted by molar-refractivity contribution is -0.144. The fourth-order valence-electron chi connectivity index (χ4n) is 5.26. The van der Waals surface area contributed by atoms with Crippen LogP contribution in [0.3, 0.4) is 0 Å². The number of primary amides is 1. The zero-order valence-electron chi connectivity index (χ0n) is 25.2. The Hall–Kier alpha value is -5.11. The molecular formula is C36H38N2O6. The molecule has 44 heavy (non-hydrogen) atoms. The van der Waals surface area contributed by atoms with Crippen LogP contribution in [-0.4, -0.2) is 46.5 Å². The van der Waals surface area contributed by atoms with Crippen molar-refractivity contribution < 1.29 is 29.0 Å². The third-order valence-corrected chi connectivity index (χ3v) is 7.48. The summed E-state index contributed by atoms with van der Waals surface area (Å²) in [6.07, 6.45) is 0.189. The highest BCUT2D eigenvalue weighted by molar-refractivity contribution is 5.97. The van der Waals surface area contributed by atoms with Crippen LogP contribution >= 0.6 is 0 Å². The zero-order valence-corrected chi connectivity index (χ0v) is 25.2. The van der Waals surface area contributed by atoms with E-state index in [9.17, 15) is 19.5 Å². The predicted molar refractivity (Wildman–Crippen MR) is 169 cm³/mol. The average Bonchev–Trinajstić information content (AvgIpc) is 3.02. The maximum Gasteiger partial charge on any atom is 0.326 e. The van der Waals surface area contributed by atoms with E-state index >= 15 is 0 Å². The summed E-state index contributed by atoms with van der Waals surface area (Å²) in [5, 5.41) is 10.2. The highest BCUT2D eigenvalue weighted by Gasteiger charge is 2.40. The normalized spacial score (nSPS) is 11.8. The quantitative estimate of drug-likeness (QED) is 0.181. The SMILES string of the molecule is COc1cccc(OCc2ccc(-c3ccc(C(=O)N([C@@H](CCC(N)=O)C(=O)O)C(C)(C)Cc4ccccc4)cc3)cc2)c1. The van der Waals surface area contributed by atoms with E-state index in [2.05, 4.69) is 0 Å². The smallest absolute Gasteiger partial charge is 0.326 e. The molecule has 8 nitrogen and oxygen atoms in total. The third kappa shape index (κ3) is 8.25. The molecule has 0 aliphatic carbocycles. The van der Waals surface area contributed by atoms with Gasteiger partial charge in [0.25, 0.3) is 5.91 Å². The number of carbonyl (C=O) groups is 3. The standard InChI is InChI=1S/C36H38N2O6/c1-36(2,23-25-8-5-4-6-9-25)38(32(35(41)42)20-21-33(37)39)34(40)29-18-16-28(17-19-29)27-14-12-26(13-15-27)24-44-31-11-7-10-30(22-31)43-3/h4-19,22,32H,20-21,23-24H2,1-3H3,(H2,37,39)(H,41,42)/t32-/m0/s1. The van der Waals surface area contributed by atoms with Crippen molar-refractivity contribution in [2.75, 3.05) is 7.11 Å². The van der Waals surface area contributed by atoms with Crippen LogP contribution in [0.4, 0.5) is 0 Å². The first-order chi connectivity index (χ1) is 21.1. The molecule has 0 spiro atoms. The monoisotopic (exact) mass is 594 g/mol. The Kier molecular flexibility index (Phi) is 10.4. The second-order valence-corrected chi connectivity index (χ2v) is 11.3. The van der Waals surface area contributed by atoms with E-state index in [1.807, 2.05) is 105 Å². The molecule has 8 heteroatoms. The number of ether oxygens (including phenoxy) is 2. The maximum absolute atomic E-state index is 14.0. The van der Waals surface area contributed by atoms with Gasteiger partial charge in [-0.2, -0.15) is 0 Å². The number of benzene rings is 4. The largest absolute Gasteiger partial charge is 0.497 e. The van der Waals surface area contributed by atoms with E-state index in [0.717, 1.165) is 33.8 Å². The van der Waals surface area contributed by atoms with Gasteiger partial charge >= 0.3 is 5.97 Å². The van der Waals surface area contributed by atoms with E-state index in [4.69, 9.17) is 15.2 Å². The van der Waals surface area contributed by atoms with Crippen LogP contribution in [0.2, 0.25) is 0 Å². The number of carbonyl (C=O) groups excluding carboxylic acids is 2. The van der Waals surface area contributed by atoms with Crippen LogP contribution in [0.1, 0.15) is 48.2 Å². The molecule has 0 bridgehead atoms. The number of rotatable bonds is 14. The van der Waals surface area contributed by atoms with Crippen molar-refractivity contribution in [1.82, 2.24) is 4.90 Å². The van der Waals surface area contributed by atoms with Crippen molar-refractivity contribution in [3.05, 3.63) is 120 Å². The number of aliphatic carboxylic acids is 1. The second-order valence-electron chi connectivity index (χ2n) is 11.3. The molecule has 3 N–H and O–H groups in total. The molecule has 0 heterocycles. The summed E-state index contributed by atoms with van der Waals surface area (Å²) in [7, 11) is 1.61. The molecule has 0 radical (unpaired) electrons. The second kappa shape index (κ2) is 14.4. The Bertz CT molecular complexity index is 1570. The minimum absolute atomic E-state index is 0.0827. The number of carboxylic acids is 1. The van der Waals surface area contributed by atoms with Crippen LogP contribution in [0.25, 0.3) is 11.1 Å². The topological polar surface area (TPSA) is 119 Å². The Labute approximate surface area is 258 Å². The van der Waals surface area contributed by atoms with Gasteiger partial charge in [0.2, 0.25) is 5.91 Å². The van der Waals surface area contributed by atoms with Crippen LogP contribution in [0, 0.1) is 0 Å². The number of carboxylic acid groups (broad SMARTS) is 1. The summed E-state index contributed by atoms with van der Waals surface area (Å²) in [6, 6.07) is 30.8. The summed E-state index contributed by atoms with van der Waals surface area (Å²) in [4.78, 5) is 39.4. The van der Waals surface area contributed by atoms with Crippen molar-refractivity contribution in [3.63, 3.8) is 0 Å². The van der Waals surface area contributed by atoms with Crippen LogP contribution in [0.15, 0.2) is 103 Å². The highest BCUT2D eigenvalue weighted by atomic mass is 16.5. The van der Waals surface area contributed by atoms with Crippen LogP contribution in [0.5, 0.6) is 11.5 Å². The number of methoxy groups -OCH3 is 1. The minimum atomic E-state index is -1.24. The fourth-order valence-corrected chi connectivity index (χ4v) is 5.26. The van der Waals surface area contributed by atoms with E-state index in [0.29, 0.717) is 18.6 Å². The third-order valence-electron chi connectivity index (χ3n) is 7.48. The van der Waals surface area contributed by atoms with Crippen molar-refractivity contribution in [1.29, 1.82) is 0 Å².